The van der Waals surface area contributed by atoms with Crippen molar-refractivity contribution in [3.05, 3.63) is 30.1 Å². The van der Waals surface area contributed by atoms with Crippen molar-refractivity contribution in [3.63, 3.8) is 0 Å². The minimum absolute atomic E-state index is 0.105. The van der Waals surface area contributed by atoms with Gasteiger partial charge in [0, 0.05) is 27.2 Å². The number of sulfonamides is 1. The van der Waals surface area contributed by atoms with Crippen LogP contribution in [0.2, 0.25) is 0 Å². The number of carbonyl (C=O) groups is 2. The molecule has 25 heavy (non-hydrogen) atoms. The Bertz CT molecular complexity index is 703. The van der Waals surface area contributed by atoms with Crippen LogP contribution in [0.25, 0.3) is 0 Å². The highest BCUT2D eigenvalue weighted by atomic mass is 32.2. The maximum atomic E-state index is 12.9. The fraction of sp³-hybridized carbons (Fsp3) is 0.500. The molecule has 0 saturated heterocycles. The second-order valence-electron chi connectivity index (χ2n) is 5.53. The summed E-state index contributed by atoms with van der Waals surface area (Å²) in [4.78, 5) is 26.9. The van der Waals surface area contributed by atoms with Crippen molar-refractivity contribution in [1.82, 2.24) is 14.1 Å². The highest BCUT2D eigenvalue weighted by Crippen LogP contribution is 2.14. The first-order valence-electron chi connectivity index (χ1n) is 7.87. The Kier molecular flexibility index (Phi) is 7.50. The fourth-order valence-corrected chi connectivity index (χ4v) is 3.27. The SMILES string of the molecule is CCN(CC)C(=O)CN(C)C(=O)CN(C)S(=O)(=O)c1ccc(F)cc1. The van der Waals surface area contributed by atoms with Gasteiger partial charge in [-0.1, -0.05) is 0 Å². The number of rotatable bonds is 8. The molecule has 0 aliphatic rings. The second kappa shape index (κ2) is 8.91. The molecule has 0 aliphatic heterocycles. The number of benzene rings is 1. The Balaban J connectivity index is 2.75. The van der Waals surface area contributed by atoms with Crippen LogP contribution in [0, 0.1) is 5.82 Å². The molecule has 0 aromatic heterocycles. The standard InChI is InChI=1S/C16H24FN3O4S/c1-5-20(6-2)16(22)11-18(3)15(21)12-19(4)25(23,24)14-9-7-13(17)8-10-14/h7-10H,5-6,11-12H2,1-4H3. The zero-order valence-electron chi connectivity index (χ0n) is 14.9. The van der Waals surface area contributed by atoms with Crippen molar-refractivity contribution < 1.29 is 22.4 Å². The lowest BCUT2D eigenvalue weighted by Crippen LogP contribution is -2.44. The number of nitrogens with zero attached hydrogens (tertiary/aromatic N) is 3. The summed E-state index contributed by atoms with van der Waals surface area (Å²) in [5.74, 6) is -1.26. The van der Waals surface area contributed by atoms with Crippen LogP contribution in [-0.2, 0) is 19.6 Å². The molecule has 0 bridgehead atoms. The van der Waals surface area contributed by atoms with Gasteiger partial charge in [-0.15, -0.1) is 0 Å². The van der Waals surface area contributed by atoms with Gasteiger partial charge in [0.05, 0.1) is 18.0 Å². The van der Waals surface area contributed by atoms with Gasteiger partial charge in [0.2, 0.25) is 21.8 Å². The first kappa shape index (κ1) is 21.0. The van der Waals surface area contributed by atoms with Gasteiger partial charge in [0.1, 0.15) is 5.82 Å². The molecule has 0 unspecified atom stereocenters. The lowest BCUT2D eigenvalue weighted by Gasteiger charge is -2.25. The summed E-state index contributed by atoms with van der Waals surface area (Å²) in [6.45, 7) is 4.22. The fourth-order valence-electron chi connectivity index (χ4n) is 2.15. The molecule has 0 atom stereocenters. The first-order valence-corrected chi connectivity index (χ1v) is 9.31. The topological polar surface area (TPSA) is 78.0 Å². The number of halogens is 1. The zero-order chi connectivity index (χ0) is 19.2. The summed E-state index contributed by atoms with van der Waals surface area (Å²) in [7, 11) is -1.21. The highest BCUT2D eigenvalue weighted by molar-refractivity contribution is 7.89. The van der Waals surface area contributed by atoms with Gasteiger partial charge < -0.3 is 9.80 Å². The van der Waals surface area contributed by atoms with Gasteiger partial charge in [-0.05, 0) is 38.1 Å². The number of hydrogen-bond donors (Lipinski definition) is 0. The van der Waals surface area contributed by atoms with E-state index in [9.17, 15) is 22.4 Å². The van der Waals surface area contributed by atoms with Gasteiger partial charge in [0.15, 0.2) is 0 Å². The van der Waals surface area contributed by atoms with Gasteiger partial charge in [-0.3, -0.25) is 9.59 Å². The molecule has 1 rings (SSSR count). The molecule has 0 radical (unpaired) electrons. The zero-order valence-corrected chi connectivity index (χ0v) is 15.7. The van der Waals surface area contributed by atoms with Crippen LogP contribution in [0.1, 0.15) is 13.8 Å². The van der Waals surface area contributed by atoms with Gasteiger partial charge in [0.25, 0.3) is 0 Å². The first-order chi connectivity index (χ1) is 11.6. The van der Waals surface area contributed by atoms with E-state index in [2.05, 4.69) is 0 Å². The minimum Gasteiger partial charge on any atom is -0.342 e. The van der Waals surface area contributed by atoms with Crippen LogP contribution >= 0.6 is 0 Å². The smallest absolute Gasteiger partial charge is 0.243 e. The second-order valence-corrected chi connectivity index (χ2v) is 7.58. The van der Waals surface area contributed by atoms with Crippen molar-refractivity contribution in [1.29, 1.82) is 0 Å². The Morgan fingerprint density at radius 3 is 1.96 bits per heavy atom. The van der Waals surface area contributed by atoms with E-state index < -0.39 is 28.3 Å². The van der Waals surface area contributed by atoms with Crippen LogP contribution in [0.3, 0.4) is 0 Å². The number of carbonyl (C=O) groups excluding carboxylic acids is 2. The van der Waals surface area contributed by atoms with E-state index in [4.69, 9.17) is 0 Å². The monoisotopic (exact) mass is 373 g/mol. The van der Waals surface area contributed by atoms with Crippen LogP contribution in [0.5, 0.6) is 0 Å². The van der Waals surface area contributed by atoms with E-state index in [0.717, 1.165) is 28.6 Å². The highest BCUT2D eigenvalue weighted by Gasteiger charge is 2.25. The maximum absolute atomic E-state index is 12.9. The molecule has 7 nitrogen and oxygen atoms in total. The van der Waals surface area contributed by atoms with Crippen LogP contribution in [0.4, 0.5) is 4.39 Å². The average Bonchev–Trinajstić information content (AvgIpc) is 2.56. The Morgan fingerprint density at radius 1 is 0.960 bits per heavy atom. The van der Waals surface area contributed by atoms with E-state index in [1.807, 2.05) is 13.8 Å². The molecule has 1 aromatic carbocycles. The van der Waals surface area contributed by atoms with Crippen molar-refractivity contribution in [2.24, 2.45) is 0 Å². The lowest BCUT2D eigenvalue weighted by atomic mass is 10.4. The summed E-state index contributed by atoms with van der Waals surface area (Å²) in [5, 5.41) is 0. The van der Waals surface area contributed by atoms with E-state index in [1.54, 1.807) is 4.90 Å². The van der Waals surface area contributed by atoms with E-state index >= 15 is 0 Å². The summed E-state index contributed by atoms with van der Waals surface area (Å²) in [6, 6.07) is 4.35. The van der Waals surface area contributed by atoms with Crippen LogP contribution < -0.4 is 0 Å². The van der Waals surface area contributed by atoms with Gasteiger partial charge in [-0.2, -0.15) is 4.31 Å². The maximum Gasteiger partial charge on any atom is 0.243 e. The molecule has 0 saturated carbocycles. The Hall–Kier alpha value is -2.00. The molecular formula is C16H24FN3O4S. The molecule has 140 valence electrons. The van der Waals surface area contributed by atoms with Crippen molar-refractivity contribution >= 4 is 21.8 Å². The van der Waals surface area contributed by atoms with Gasteiger partial charge >= 0.3 is 0 Å². The minimum atomic E-state index is -3.91. The quantitative estimate of drug-likeness (QED) is 0.674. The third kappa shape index (κ3) is 5.50. The number of hydrogen-bond acceptors (Lipinski definition) is 4. The molecule has 0 N–H and O–H groups in total. The van der Waals surface area contributed by atoms with Crippen LogP contribution in [0.15, 0.2) is 29.2 Å². The summed E-state index contributed by atoms with van der Waals surface area (Å²) in [5.41, 5.74) is 0. The molecule has 0 heterocycles. The van der Waals surface area contributed by atoms with Crippen molar-refractivity contribution in [3.8, 4) is 0 Å². The van der Waals surface area contributed by atoms with E-state index in [-0.39, 0.29) is 17.3 Å². The summed E-state index contributed by atoms with van der Waals surface area (Å²) >= 11 is 0. The lowest BCUT2D eigenvalue weighted by molar-refractivity contribution is -0.139. The normalized spacial score (nSPS) is 11.4. The molecule has 2 amide bonds. The van der Waals surface area contributed by atoms with E-state index in [0.29, 0.717) is 13.1 Å². The number of amides is 2. The van der Waals surface area contributed by atoms with Gasteiger partial charge in [-0.25, -0.2) is 12.8 Å². The predicted octanol–water partition coefficient (Wildman–Crippen LogP) is 0.773. The molecule has 0 fully saturated rings. The Labute approximate surface area is 148 Å². The molecule has 1 aromatic rings. The molecule has 0 spiro atoms. The van der Waals surface area contributed by atoms with E-state index in [1.165, 1.54) is 19.0 Å². The summed E-state index contributed by atoms with van der Waals surface area (Å²) < 4.78 is 38.6. The molecule has 0 aliphatic carbocycles. The molecule has 9 heteroatoms. The summed E-state index contributed by atoms with van der Waals surface area (Å²) in [6.07, 6.45) is 0. The van der Waals surface area contributed by atoms with Crippen molar-refractivity contribution in [2.45, 2.75) is 18.7 Å². The van der Waals surface area contributed by atoms with Crippen LogP contribution in [-0.4, -0.2) is 74.6 Å². The number of likely N-dealkylation sites (N-methyl/N-ethyl adjacent to an activating group) is 3. The largest absolute Gasteiger partial charge is 0.342 e. The predicted molar refractivity (Wildman–Crippen MR) is 91.8 cm³/mol. The Morgan fingerprint density at radius 2 is 1.48 bits per heavy atom. The average molecular weight is 373 g/mol. The van der Waals surface area contributed by atoms with Crippen molar-refractivity contribution in [2.75, 3.05) is 40.3 Å². The third-order valence-corrected chi connectivity index (χ3v) is 5.61. The third-order valence-electron chi connectivity index (χ3n) is 3.79. The molecular weight excluding hydrogens is 349 g/mol.